The first-order valence-electron chi connectivity index (χ1n) is 8.36. The molecule has 1 aromatic carbocycles. The molecule has 0 saturated carbocycles. The second kappa shape index (κ2) is 7.50. The van der Waals surface area contributed by atoms with Gasteiger partial charge in [-0.1, -0.05) is 41.6 Å². The molecule has 0 radical (unpaired) electrons. The van der Waals surface area contributed by atoms with Crippen LogP contribution in [0.3, 0.4) is 0 Å². The zero-order valence-electron chi connectivity index (χ0n) is 14.7. The smallest absolute Gasteiger partial charge is 0.268 e. The number of hydrogen-bond acceptors (Lipinski definition) is 6. The monoisotopic (exact) mass is 395 g/mol. The normalized spacial score (nSPS) is 11.1. The van der Waals surface area contributed by atoms with Crippen LogP contribution < -0.4 is 5.56 Å². The average Bonchev–Trinajstić information content (AvgIpc) is 3.28. The molecular formula is C19H17N5OS2. The number of hydrogen-bond donors (Lipinski definition) is 1. The van der Waals surface area contributed by atoms with Gasteiger partial charge in [0.15, 0.2) is 11.0 Å². The number of aryl methyl sites for hydroxylation is 1. The van der Waals surface area contributed by atoms with E-state index in [0.29, 0.717) is 22.8 Å². The molecule has 8 heteroatoms. The summed E-state index contributed by atoms with van der Waals surface area (Å²) >= 11 is 2.89. The van der Waals surface area contributed by atoms with Crippen molar-refractivity contribution in [3.63, 3.8) is 0 Å². The van der Waals surface area contributed by atoms with Gasteiger partial charge in [0.1, 0.15) is 10.5 Å². The Hall–Kier alpha value is -2.71. The summed E-state index contributed by atoms with van der Waals surface area (Å²) in [5, 5.41) is 11.3. The summed E-state index contributed by atoms with van der Waals surface area (Å²) in [6.45, 7) is 6.50. The van der Waals surface area contributed by atoms with Gasteiger partial charge in [-0.05, 0) is 24.4 Å². The Morgan fingerprint density at radius 2 is 2.22 bits per heavy atom. The zero-order chi connectivity index (χ0) is 18.8. The van der Waals surface area contributed by atoms with Crippen molar-refractivity contribution < 1.29 is 0 Å². The minimum absolute atomic E-state index is 0.0985. The number of thioether (sulfide) groups is 1. The summed E-state index contributed by atoms with van der Waals surface area (Å²) < 4.78 is 2.67. The fourth-order valence-electron chi connectivity index (χ4n) is 2.81. The van der Waals surface area contributed by atoms with Gasteiger partial charge in [0, 0.05) is 12.1 Å². The van der Waals surface area contributed by atoms with Crippen molar-refractivity contribution >= 4 is 33.3 Å². The Labute approximate surface area is 164 Å². The minimum Gasteiger partial charge on any atom is -0.309 e. The Morgan fingerprint density at radius 3 is 3.04 bits per heavy atom. The van der Waals surface area contributed by atoms with Gasteiger partial charge < -0.3 is 4.98 Å². The molecule has 0 bridgehead atoms. The lowest BCUT2D eigenvalue weighted by Crippen LogP contribution is -2.09. The number of aromatic amines is 1. The fraction of sp³-hybridized carbons (Fsp3) is 0.158. The summed E-state index contributed by atoms with van der Waals surface area (Å²) in [7, 11) is 0. The molecule has 0 unspecified atom stereocenters. The van der Waals surface area contributed by atoms with Crippen molar-refractivity contribution in [1.29, 1.82) is 0 Å². The molecule has 3 aromatic heterocycles. The molecule has 6 nitrogen and oxygen atoms in total. The summed E-state index contributed by atoms with van der Waals surface area (Å²) in [4.78, 5) is 19.5. The number of nitrogens with zero attached hydrogens (tertiary/aromatic N) is 4. The Balaban J connectivity index is 1.63. The van der Waals surface area contributed by atoms with Crippen molar-refractivity contribution in [3.8, 4) is 11.4 Å². The molecule has 0 aliphatic carbocycles. The van der Waals surface area contributed by atoms with Gasteiger partial charge in [-0.25, -0.2) is 4.98 Å². The Bertz CT molecular complexity index is 1170. The van der Waals surface area contributed by atoms with Gasteiger partial charge in [0.25, 0.3) is 5.56 Å². The van der Waals surface area contributed by atoms with Crippen LogP contribution in [0.5, 0.6) is 0 Å². The van der Waals surface area contributed by atoms with E-state index in [0.717, 1.165) is 22.1 Å². The van der Waals surface area contributed by atoms with E-state index >= 15 is 0 Å². The van der Waals surface area contributed by atoms with Gasteiger partial charge in [-0.3, -0.25) is 9.36 Å². The number of nitrogens with one attached hydrogen (secondary N) is 1. The average molecular weight is 396 g/mol. The molecule has 136 valence electrons. The third-order valence-electron chi connectivity index (χ3n) is 4.01. The first kappa shape index (κ1) is 17.7. The van der Waals surface area contributed by atoms with Gasteiger partial charge >= 0.3 is 0 Å². The number of H-pyrrole nitrogens is 1. The molecule has 0 saturated heterocycles. The van der Waals surface area contributed by atoms with Crippen LogP contribution >= 0.6 is 23.1 Å². The number of allylic oxidation sites excluding steroid dienone is 1. The van der Waals surface area contributed by atoms with E-state index in [-0.39, 0.29) is 5.56 Å². The molecule has 0 amide bonds. The fourth-order valence-corrected chi connectivity index (χ4v) is 4.35. The van der Waals surface area contributed by atoms with Crippen molar-refractivity contribution in [2.75, 3.05) is 0 Å². The highest BCUT2D eigenvalue weighted by Gasteiger charge is 2.14. The number of thiophene rings is 1. The molecule has 0 spiro atoms. The van der Waals surface area contributed by atoms with E-state index in [4.69, 9.17) is 0 Å². The molecule has 0 aliphatic rings. The number of benzene rings is 1. The molecule has 4 aromatic rings. The molecule has 1 N–H and O–H groups in total. The summed E-state index contributed by atoms with van der Waals surface area (Å²) in [6.07, 6.45) is 1.82. The SMILES string of the molecule is C=CCn1c(SCc2nc3ccsc3c(=O)[nH]2)nnc1-c1cccc(C)c1. The summed E-state index contributed by atoms with van der Waals surface area (Å²) in [6, 6.07) is 10.0. The van der Waals surface area contributed by atoms with E-state index < -0.39 is 0 Å². The molecule has 4 rings (SSSR count). The lowest BCUT2D eigenvalue weighted by Gasteiger charge is -2.08. The van der Waals surface area contributed by atoms with E-state index in [1.165, 1.54) is 28.7 Å². The van der Waals surface area contributed by atoms with Crippen LogP contribution in [0.1, 0.15) is 11.4 Å². The maximum Gasteiger partial charge on any atom is 0.268 e. The van der Waals surface area contributed by atoms with E-state index in [1.807, 2.05) is 34.2 Å². The maximum absolute atomic E-state index is 12.1. The first-order valence-corrected chi connectivity index (χ1v) is 10.2. The molecular weight excluding hydrogens is 378 g/mol. The lowest BCUT2D eigenvalue weighted by molar-refractivity contribution is 0.730. The van der Waals surface area contributed by atoms with Gasteiger partial charge in [-0.2, -0.15) is 0 Å². The van der Waals surface area contributed by atoms with E-state index in [1.54, 1.807) is 0 Å². The maximum atomic E-state index is 12.1. The second-order valence-electron chi connectivity index (χ2n) is 6.01. The highest BCUT2D eigenvalue weighted by Crippen LogP contribution is 2.26. The third kappa shape index (κ3) is 3.58. The summed E-state index contributed by atoms with van der Waals surface area (Å²) in [5.74, 6) is 1.93. The number of rotatable bonds is 6. The molecule has 0 atom stereocenters. The van der Waals surface area contributed by atoms with Crippen molar-refractivity contribution in [1.82, 2.24) is 24.7 Å². The van der Waals surface area contributed by atoms with Crippen molar-refractivity contribution in [2.24, 2.45) is 0 Å². The number of aromatic nitrogens is 5. The Morgan fingerprint density at radius 1 is 1.33 bits per heavy atom. The lowest BCUT2D eigenvalue weighted by atomic mass is 10.1. The van der Waals surface area contributed by atoms with E-state index in [9.17, 15) is 4.79 Å². The third-order valence-corrected chi connectivity index (χ3v) is 5.89. The van der Waals surface area contributed by atoms with E-state index in [2.05, 4.69) is 45.8 Å². The highest BCUT2D eigenvalue weighted by molar-refractivity contribution is 7.98. The Kier molecular flexibility index (Phi) is 4.91. The largest absolute Gasteiger partial charge is 0.309 e. The van der Waals surface area contributed by atoms with Gasteiger partial charge in [0.05, 0.1) is 11.3 Å². The second-order valence-corrected chi connectivity index (χ2v) is 7.87. The summed E-state index contributed by atoms with van der Waals surface area (Å²) in [5.41, 5.74) is 2.81. The topological polar surface area (TPSA) is 76.5 Å². The number of fused-ring (bicyclic) bond motifs is 1. The van der Waals surface area contributed by atoms with Gasteiger partial charge in [-0.15, -0.1) is 28.1 Å². The van der Waals surface area contributed by atoms with Crippen molar-refractivity contribution in [2.45, 2.75) is 24.4 Å². The van der Waals surface area contributed by atoms with Gasteiger partial charge in [0.2, 0.25) is 0 Å². The zero-order valence-corrected chi connectivity index (χ0v) is 16.3. The van der Waals surface area contributed by atoms with Crippen LogP contribution in [-0.4, -0.2) is 24.7 Å². The molecule has 0 fully saturated rings. The van der Waals surface area contributed by atoms with Crippen LogP contribution in [0.25, 0.3) is 21.6 Å². The molecule has 0 aliphatic heterocycles. The van der Waals surface area contributed by atoms with Crippen LogP contribution in [0, 0.1) is 6.92 Å². The predicted molar refractivity (Wildman–Crippen MR) is 110 cm³/mol. The van der Waals surface area contributed by atoms with Crippen LogP contribution in [0.4, 0.5) is 0 Å². The van der Waals surface area contributed by atoms with Crippen LogP contribution in [0.15, 0.2) is 58.3 Å². The quantitative estimate of drug-likeness (QED) is 0.394. The molecule has 3 heterocycles. The standard InChI is InChI=1S/C19H17N5OS2/c1-3-8-24-17(13-6-4-5-12(2)10-13)22-23-19(24)27-11-15-20-14-7-9-26-16(14)18(25)21-15/h3-7,9-10H,1,8,11H2,2H3,(H,20,21,25). The first-order chi connectivity index (χ1) is 13.2. The van der Waals surface area contributed by atoms with Crippen LogP contribution in [0.2, 0.25) is 0 Å². The molecule has 27 heavy (non-hydrogen) atoms. The van der Waals surface area contributed by atoms with Crippen molar-refractivity contribution in [3.05, 3.63) is 70.1 Å². The highest BCUT2D eigenvalue weighted by atomic mass is 32.2. The predicted octanol–water partition coefficient (Wildman–Crippen LogP) is 4.03. The minimum atomic E-state index is -0.0985. The van der Waals surface area contributed by atoms with Crippen LogP contribution in [-0.2, 0) is 12.3 Å².